The minimum Gasteiger partial charge on any atom is -0.145 e. The highest BCUT2D eigenvalue weighted by Gasteiger charge is 2.70. The maximum absolute atomic E-state index is 6.25. The van der Waals surface area contributed by atoms with E-state index >= 15 is 0 Å². The van der Waals surface area contributed by atoms with E-state index in [0.29, 0.717) is 15.7 Å². The van der Waals surface area contributed by atoms with Crippen LogP contribution in [0.4, 0.5) is 0 Å². The standard InChI is InChI=1S/C6H4Cl2S2/c7-2-1-3-5(9-3)6(8)4(2)10-6/h1,3-5H. The van der Waals surface area contributed by atoms with Crippen LogP contribution in [0.5, 0.6) is 0 Å². The molecule has 1 aliphatic carbocycles. The van der Waals surface area contributed by atoms with Crippen LogP contribution in [0.1, 0.15) is 0 Å². The van der Waals surface area contributed by atoms with E-state index < -0.39 is 0 Å². The van der Waals surface area contributed by atoms with Crippen molar-refractivity contribution in [2.45, 2.75) is 20.0 Å². The third-order valence-corrected chi connectivity index (χ3v) is 6.51. The minimum atomic E-state index is 0.00116. The highest BCUT2D eigenvalue weighted by molar-refractivity contribution is 8.15. The topological polar surface area (TPSA) is 0 Å². The molecule has 2 fully saturated rings. The van der Waals surface area contributed by atoms with Crippen LogP contribution in [0, 0.1) is 0 Å². The fourth-order valence-electron chi connectivity index (χ4n) is 1.42. The van der Waals surface area contributed by atoms with E-state index in [1.54, 1.807) is 11.8 Å². The van der Waals surface area contributed by atoms with Crippen molar-refractivity contribution < 1.29 is 0 Å². The first-order valence-electron chi connectivity index (χ1n) is 3.11. The fourth-order valence-corrected chi connectivity index (χ4v) is 5.44. The molecule has 4 atom stereocenters. The quantitative estimate of drug-likeness (QED) is 0.446. The molecule has 0 aromatic carbocycles. The summed E-state index contributed by atoms with van der Waals surface area (Å²) in [5, 5.41) is 2.70. The molecule has 0 amide bonds. The van der Waals surface area contributed by atoms with Crippen LogP contribution in [0.3, 0.4) is 0 Å². The summed E-state index contributed by atoms with van der Waals surface area (Å²) >= 11 is 16.0. The lowest BCUT2D eigenvalue weighted by Gasteiger charge is -2.06. The van der Waals surface area contributed by atoms with Crippen LogP contribution in [-0.4, -0.2) is 20.0 Å². The van der Waals surface area contributed by atoms with Crippen LogP contribution in [0.2, 0.25) is 0 Å². The van der Waals surface area contributed by atoms with E-state index in [0.717, 1.165) is 5.03 Å². The van der Waals surface area contributed by atoms with E-state index in [9.17, 15) is 0 Å². The van der Waals surface area contributed by atoms with Crippen LogP contribution in [0.25, 0.3) is 0 Å². The fraction of sp³-hybridized carbons (Fsp3) is 0.667. The molecule has 2 heterocycles. The molecule has 54 valence electrons. The van der Waals surface area contributed by atoms with Crippen LogP contribution >= 0.6 is 46.7 Å². The first kappa shape index (κ1) is 6.53. The molecule has 3 rings (SSSR count). The number of halogens is 2. The zero-order valence-corrected chi connectivity index (χ0v) is 8.03. The van der Waals surface area contributed by atoms with Gasteiger partial charge in [-0.1, -0.05) is 17.7 Å². The second-order valence-electron chi connectivity index (χ2n) is 2.77. The summed E-state index contributed by atoms with van der Waals surface area (Å²) in [6, 6.07) is 0. The Bertz CT molecular complexity index is 240. The molecule has 0 bridgehead atoms. The third-order valence-electron chi connectivity index (χ3n) is 2.09. The second-order valence-corrected chi connectivity index (χ2v) is 6.76. The molecule has 10 heavy (non-hydrogen) atoms. The first-order chi connectivity index (χ1) is 4.72. The average Bonchev–Trinajstić information content (AvgIpc) is 2.61. The van der Waals surface area contributed by atoms with Gasteiger partial charge in [-0.2, -0.15) is 0 Å². The molecule has 0 saturated carbocycles. The van der Waals surface area contributed by atoms with Gasteiger partial charge in [-0.3, -0.25) is 0 Å². The Balaban J connectivity index is 2.06. The Morgan fingerprint density at radius 1 is 1.60 bits per heavy atom. The zero-order chi connectivity index (χ0) is 6.93. The molecule has 2 saturated heterocycles. The van der Waals surface area contributed by atoms with Gasteiger partial charge in [0.05, 0.1) is 10.5 Å². The highest BCUT2D eigenvalue weighted by Crippen LogP contribution is 2.74. The summed E-state index contributed by atoms with van der Waals surface area (Å²) in [4.78, 5) is 0. The van der Waals surface area contributed by atoms with Crippen molar-refractivity contribution in [2.75, 3.05) is 0 Å². The Morgan fingerprint density at radius 2 is 2.40 bits per heavy atom. The predicted molar refractivity (Wildman–Crippen MR) is 49.1 cm³/mol. The molecule has 0 radical (unpaired) electrons. The molecule has 0 aromatic heterocycles. The first-order valence-corrected chi connectivity index (χ1v) is 5.69. The van der Waals surface area contributed by atoms with E-state index in [1.165, 1.54) is 0 Å². The van der Waals surface area contributed by atoms with Crippen LogP contribution in [0.15, 0.2) is 11.1 Å². The Labute approximate surface area is 77.7 Å². The molecule has 0 nitrogen and oxygen atoms in total. The molecular weight excluding hydrogens is 207 g/mol. The van der Waals surface area contributed by atoms with Gasteiger partial charge in [0.15, 0.2) is 0 Å². The maximum Gasteiger partial charge on any atom is 0.120 e. The van der Waals surface area contributed by atoms with E-state index in [2.05, 4.69) is 6.08 Å². The van der Waals surface area contributed by atoms with Crippen molar-refractivity contribution in [2.24, 2.45) is 0 Å². The largest absolute Gasteiger partial charge is 0.145 e. The van der Waals surface area contributed by atoms with Gasteiger partial charge in [-0.25, -0.2) is 0 Å². The summed E-state index contributed by atoms with van der Waals surface area (Å²) in [5.41, 5.74) is 0. The monoisotopic (exact) mass is 210 g/mol. The lowest BCUT2D eigenvalue weighted by molar-refractivity contribution is 0.862. The van der Waals surface area contributed by atoms with Gasteiger partial charge in [0.1, 0.15) is 4.21 Å². The van der Waals surface area contributed by atoms with Crippen molar-refractivity contribution in [3.05, 3.63) is 11.1 Å². The number of fused-ring (bicyclic) bond motifs is 3. The third kappa shape index (κ3) is 0.644. The number of alkyl halides is 1. The summed E-state index contributed by atoms with van der Waals surface area (Å²) in [5.74, 6) is 0. The molecule has 2 aliphatic heterocycles. The number of hydrogen-bond donors (Lipinski definition) is 0. The molecule has 4 heteroatoms. The molecule has 0 spiro atoms. The minimum absolute atomic E-state index is 0.00116. The van der Waals surface area contributed by atoms with Gasteiger partial charge in [0.2, 0.25) is 0 Å². The summed E-state index contributed by atoms with van der Waals surface area (Å²) in [7, 11) is 0. The van der Waals surface area contributed by atoms with Crippen molar-refractivity contribution in [1.29, 1.82) is 0 Å². The molecule has 0 N–H and O–H groups in total. The van der Waals surface area contributed by atoms with Crippen LogP contribution < -0.4 is 0 Å². The molecule has 0 aromatic rings. The molecule has 3 aliphatic rings. The number of hydrogen-bond acceptors (Lipinski definition) is 2. The second kappa shape index (κ2) is 1.68. The Hall–Kier alpha value is 1.02. The van der Waals surface area contributed by atoms with Gasteiger partial charge in [-0.15, -0.1) is 35.1 Å². The highest BCUT2D eigenvalue weighted by atomic mass is 35.5. The zero-order valence-electron chi connectivity index (χ0n) is 4.88. The predicted octanol–water partition coefficient (Wildman–Crippen LogP) is 2.66. The van der Waals surface area contributed by atoms with Gasteiger partial charge in [0, 0.05) is 10.3 Å². The number of rotatable bonds is 0. The van der Waals surface area contributed by atoms with E-state index in [-0.39, 0.29) is 4.21 Å². The van der Waals surface area contributed by atoms with E-state index in [1.807, 2.05) is 11.8 Å². The van der Waals surface area contributed by atoms with Gasteiger partial charge >= 0.3 is 0 Å². The molecular formula is C6H4Cl2S2. The lowest BCUT2D eigenvalue weighted by Crippen LogP contribution is -2.19. The van der Waals surface area contributed by atoms with Gasteiger partial charge < -0.3 is 0 Å². The van der Waals surface area contributed by atoms with Gasteiger partial charge in [0.25, 0.3) is 0 Å². The average molecular weight is 211 g/mol. The Morgan fingerprint density at radius 3 is 3.20 bits per heavy atom. The lowest BCUT2D eigenvalue weighted by atomic mass is 10.1. The van der Waals surface area contributed by atoms with Crippen molar-refractivity contribution in [3.63, 3.8) is 0 Å². The summed E-state index contributed by atoms with van der Waals surface area (Å²) < 4.78 is 0.00116. The normalized spacial score (nSPS) is 62.2. The van der Waals surface area contributed by atoms with Crippen molar-refractivity contribution in [1.82, 2.24) is 0 Å². The Kier molecular flexibility index (Phi) is 1.10. The number of thioether (sulfide) groups is 2. The van der Waals surface area contributed by atoms with Gasteiger partial charge in [-0.05, 0) is 0 Å². The van der Waals surface area contributed by atoms with Crippen molar-refractivity contribution in [3.8, 4) is 0 Å². The SMILES string of the molecule is ClC1=CC2SC2C2(Cl)SC12. The smallest absolute Gasteiger partial charge is 0.120 e. The van der Waals surface area contributed by atoms with Crippen molar-refractivity contribution >= 4 is 46.7 Å². The molecule has 4 unspecified atom stereocenters. The summed E-state index contributed by atoms with van der Waals surface area (Å²) in [6.45, 7) is 0. The maximum atomic E-state index is 6.25. The van der Waals surface area contributed by atoms with Crippen LogP contribution in [-0.2, 0) is 0 Å². The van der Waals surface area contributed by atoms with E-state index in [4.69, 9.17) is 23.2 Å². The summed E-state index contributed by atoms with van der Waals surface area (Å²) in [6.07, 6.45) is 2.15.